The lowest BCUT2D eigenvalue weighted by Gasteiger charge is -2.37. The second-order valence-electron chi connectivity index (χ2n) is 8.92. The SMILES string of the molecule is CC(C)(C)C(NC(=O)O)C(NC(=O)c1ccc(-c2ccnc3[nH]ccc23)s1)c1ccccc1. The lowest BCUT2D eigenvalue weighted by molar-refractivity contribution is 0.0904. The summed E-state index contributed by atoms with van der Waals surface area (Å²) >= 11 is 1.39. The lowest BCUT2D eigenvalue weighted by atomic mass is 9.79. The highest BCUT2D eigenvalue weighted by Crippen LogP contribution is 2.34. The summed E-state index contributed by atoms with van der Waals surface area (Å²) in [6, 6.07) is 16.0. The van der Waals surface area contributed by atoms with Gasteiger partial charge in [0.2, 0.25) is 0 Å². The van der Waals surface area contributed by atoms with Gasteiger partial charge in [-0.2, -0.15) is 0 Å². The molecule has 3 aromatic heterocycles. The number of rotatable bonds is 6. The molecule has 2 amide bonds. The molecule has 2 atom stereocenters. The summed E-state index contributed by atoms with van der Waals surface area (Å²) in [6.07, 6.45) is 2.45. The molecule has 4 N–H and O–H groups in total. The molecule has 0 saturated heterocycles. The summed E-state index contributed by atoms with van der Waals surface area (Å²) < 4.78 is 0. The molecule has 0 fully saturated rings. The van der Waals surface area contributed by atoms with E-state index in [1.54, 1.807) is 12.3 Å². The number of benzene rings is 1. The van der Waals surface area contributed by atoms with Crippen LogP contribution in [-0.2, 0) is 0 Å². The van der Waals surface area contributed by atoms with Crippen LogP contribution in [-0.4, -0.2) is 33.1 Å². The van der Waals surface area contributed by atoms with Crippen molar-refractivity contribution in [1.29, 1.82) is 0 Å². The minimum atomic E-state index is -1.13. The number of nitrogens with zero attached hydrogens (tertiary/aromatic N) is 1. The summed E-state index contributed by atoms with van der Waals surface area (Å²) in [5, 5.41) is 16.2. The fourth-order valence-electron chi connectivity index (χ4n) is 3.95. The second-order valence-corrected chi connectivity index (χ2v) is 10.0. The lowest BCUT2D eigenvalue weighted by Crippen LogP contribution is -2.52. The Morgan fingerprint density at radius 3 is 2.48 bits per heavy atom. The van der Waals surface area contributed by atoms with Crippen LogP contribution in [0.3, 0.4) is 0 Å². The number of nitrogens with one attached hydrogen (secondary N) is 3. The van der Waals surface area contributed by atoms with Crippen molar-refractivity contribution in [2.24, 2.45) is 5.41 Å². The van der Waals surface area contributed by atoms with E-state index in [-0.39, 0.29) is 5.91 Å². The molecule has 0 saturated carbocycles. The molecular weight excluding hydrogens is 436 g/mol. The Balaban J connectivity index is 1.65. The quantitative estimate of drug-likeness (QED) is 0.306. The van der Waals surface area contributed by atoms with Crippen LogP contribution in [0.4, 0.5) is 4.79 Å². The minimum absolute atomic E-state index is 0.249. The average molecular weight is 463 g/mol. The van der Waals surface area contributed by atoms with E-state index in [9.17, 15) is 14.7 Å². The van der Waals surface area contributed by atoms with Crippen molar-refractivity contribution >= 4 is 34.4 Å². The number of aromatic amines is 1. The fraction of sp³-hybridized carbons (Fsp3) is 0.240. The van der Waals surface area contributed by atoms with E-state index in [2.05, 4.69) is 20.6 Å². The van der Waals surface area contributed by atoms with Crippen molar-refractivity contribution in [1.82, 2.24) is 20.6 Å². The largest absolute Gasteiger partial charge is 0.465 e. The molecule has 0 aliphatic heterocycles. The molecule has 0 radical (unpaired) electrons. The van der Waals surface area contributed by atoms with Gasteiger partial charge < -0.3 is 20.7 Å². The molecule has 4 rings (SSSR count). The maximum absolute atomic E-state index is 13.3. The van der Waals surface area contributed by atoms with Crippen LogP contribution in [0.15, 0.2) is 67.0 Å². The molecular formula is C25H26N4O3S. The van der Waals surface area contributed by atoms with Crippen molar-refractivity contribution in [3.63, 3.8) is 0 Å². The van der Waals surface area contributed by atoms with E-state index < -0.39 is 23.6 Å². The molecule has 2 unspecified atom stereocenters. The molecule has 0 aliphatic rings. The van der Waals surface area contributed by atoms with Crippen LogP contribution >= 0.6 is 11.3 Å². The van der Waals surface area contributed by atoms with Gasteiger partial charge in [0.1, 0.15) is 5.65 Å². The summed E-state index contributed by atoms with van der Waals surface area (Å²) in [5.74, 6) is -0.249. The number of pyridine rings is 1. The van der Waals surface area contributed by atoms with E-state index in [4.69, 9.17) is 0 Å². The molecule has 33 heavy (non-hydrogen) atoms. The number of fused-ring (bicyclic) bond motifs is 1. The molecule has 7 nitrogen and oxygen atoms in total. The number of aromatic nitrogens is 2. The summed E-state index contributed by atoms with van der Waals surface area (Å²) in [5.41, 5.74) is 2.19. The Morgan fingerprint density at radius 1 is 1.03 bits per heavy atom. The number of carboxylic acid groups (broad SMARTS) is 1. The van der Waals surface area contributed by atoms with Gasteiger partial charge in [-0.3, -0.25) is 4.79 Å². The standard InChI is InChI=1S/C25H26N4O3S/c1-25(2,3)21(29-24(31)32)20(15-7-5-4-6-8-15)28-23(30)19-10-9-18(33-19)16-11-13-26-22-17(16)12-14-27-22/h4-14,20-21,29H,1-3H3,(H,26,27)(H,28,30)(H,31,32). The number of thiophene rings is 1. The minimum Gasteiger partial charge on any atom is -0.465 e. The Labute approximate surface area is 195 Å². The smallest absolute Gasteiger partial charge is 0.404 e. The average Bonchev–Trinajstić information content (AvgIpc) is 3.45. The fourth-order valence-corrected chi connectivity index (χ4v) is 4.89. The van der Waals surface area contributed by atoms with Gasteiger partial charge in [0.05, 0.1) is 17.0 Å². The van der Waals surface area contributed by atoms with Crippen LogP contribution < -0.4 is 10.6 Å². The predicted octanol–water partition coefficient (Wildman–Crippen LogP) is 5.44. The van der Waals surface area contributed by atoms with Gasteiger partial charge in [-0.15, -0.1) is 11.3 Å². The van der Waals surface area contributed by atoms with Gasteiger partial charge in [-0.25, -0.2) is 9.78 Å². The first-order chi connectivity index (χ1) is 15.7. The highest BCUT2D eigenvalue weighted by molar-refractivity contribution is 7.17. The zero-order valence-corrected chi connectivity index (χ0v) is 19.4. The molecule has 0 bridgehead atoms. The predicted molar refractivity (Wildman–Crippen MR) is 130 cm³/mol. The van der Waals surface area contributed by atoms with Gasteiger partial charge in [-0.1, -0.05) is 51.1 Å². The van der Waals surface area contributed by atoms with Crippen molar-refractivity contribution in [3.05, 3.63) is 77.4 Å². The Kier molecular flexibility index (Phi) is 6.20. The van der Waals surface area contributed by atoms with Crippen LogP contribution in [0.2, 0.25) is 0 Å². The van der Waals surface area contributed by atoms with Gasteiger partial charge in [0.15, 0.2) is 0 Å². The number of H-pyrrole nitrogens is 1. The number of amides is 2. The molecule has 170 valence electrons. The topological polar surface area (TPSA) is 107 Å². The summed E-state index contributed by atoms with van der Waals surface area (Å²) in [7, 11) is 0. The van der Waals surface area contributed by atoms with E-state index in [1.807, 2.05) is 75.5 Å². The molecule has 4 aromatic rings. The van der Waals surface area contributed by atoms with Crippen LogP contribution in [0.25, 0.3) is 21.5 Å². The number of carbonyl (C=O) groups excluding carboxylic acids is 1. The third-order valence-corrected chi connectivity index (χ3v) is 6.66. The normalized spacial score (nSPS) is 13.4. The van der Waals surface area contributed by atoms with E-state index >= 15 is 0 Å². The van der Waals surface area contributed by atoms with Crippen LogP contribution in [0.1, 0.15) is 42.0 Å². The van der Waals surface area contributed by atoms with Crippen molar-refractivity contribution in [3.8, 4) is 10.4 Å². The van der Waals surface area contributed by atoms with Crippen LogP contribution in [0.5, 0.6) is 0 Å². The van der Waals surface area contributed by atoms with Crippen molar-refractivity contribution in [2.45, 2.75) is 32.9 Å². The van der Waals surface area contributed by atoms with Crippen molar-refractivity contribution in [2.75, 3.05) is 0 Å². The first-order valence-corrected chi connectivity index (χ1v) is 11.4. The number of hydrogen-bond donors (Lipinski definition) is 4. The monoisotopic (exact) mass is 462 g/mol. The maximum Gasteiger partial charge on any atom is 0.404 e. The zero-order valence-electron chi connectivity index (χ0n) is 18.6. The van der Waals surface area contributed by atoms with Gasteiger partial charge in [0.25, 0.3) is 5.91 Å². The summed E-state index contributed by atoms with van der Waals surface area (Å²) in [4.78, 5) is 33.8. The maximum atomic E-state index is 13.3. The highest BCUT2D eigenvalue weighted by Gasteiger charge is 2.36. The van der Waals surface area contributed by atoms with Crippen LogP contribution in [0, 0.1) is 5.41 Å². The van der Waals surface area contributed by atoms with Gasteiger partial charge in [0, 0.05) is 28.2 Å². The van der Waals surface area contributed by atoms with Gasteiger partial charge in [-0.05, 0) is 35.2 Å². The first-order valence-electron chi connectivity index (χ1n) is 10.6. The third kappa shape index (κ3) is 4.90. The Bertz CT molecular complexity index is 1270. The summed E-state index contributed by atoms with van der Waals surface area (Å²) in [6.45, 7) is 5.85. The van der Waals surface area contributed by atoms with Crippen molar-refractivity contribution < 1.29 is 14.7 Å². The number of carbonyl (C=O) groups is 2. The Hall–Kier alpha value is -3.65. The zero-order chi connectivity index (χ0) is 23.6. The highest BCUT2D eigenvalue weighted by atomic mass is 32.1. The second kappa shape index (κ2) is 9.07. The first kappa shape index (κ1) is 22.5. The van der Waals surface area contributed by atoms with E-state index in [1.165, 1.54) is 11.3 Å². The third-order valence-electron chi connectivity index (χ3n) is 5.55. The molecule has 0 spiro atoms. The van der Waals surface area contributed by atoms with Gasteiger partial charge >= 0.3 is 6.09 Å². The van der Waals surface area contributed by atoms with E-state index in [0.717, 1.165) is 27.0 Å². The molecule has 8 heteroatoms. The molecule has 1 aromatic carbocycles. The van der Waals surface area contributed by atoms with E-state index in [0.29, 0.717) is 4.88 Å². The number of hydrogen-bond acceptors (Lipinski definition) is 4. The Morgan fingerprint density at radius 2 is 1.79 bits per heavy atom. The molecule has 3 heterocycles. The molecule has 0 aliphatic carbocycles.